The second-order valence-corrected chi connectivity index (χ2v) is 3.75. The molecule has 0 unspecified atom stereocenters. The average molecular weight is 250 g/mol. The fourth-order valence-electron chi connectivity index (χ4n) is 1.56. The number of ether oxygens (including phenoxy) is 1. The van der Waals surface area contributed by atoms with Gasteiger partial charge in [0.1, 0.15) is 5.75 Å². The Morgan fingerprint density at radius 3 is 2.22 bits per heavy atom. The summed E-state index contributed by atoms with van der Waals surface area (Å²) >= 11 is 0. The van der Waals surface area contributed by atoms with Gasteiger partial charge in [-0.1, -0.05) is 36.4 Å². The summed E-state index contributed by atoms with van der Waals surface area (Å²) in [6.45, 7) is -0.346. The van der Waals surface area contributed by atoms with Crippen molar-refractivity contribution in [1.82, 2.24) is 0 Å². The SMILES string of the molecule is OCc1ccccc1OC(F)(F)c1ccccc1. The molecular formula is C14H12F2O2. The predicted molar refractivity (Wildman–Crippen MR) is 63.3 cm³/mol. The molecular weight excluding hydrogens is 238 g/mol. The van der Waals surface area contributed by atoms with Crippen LogP contribution in [0.25, 0.3) is 0 Å². The smallest absolute Gasteiger partial charge is 0.426 e. The minimum atomic E-state index is -3.42. The molecule has 4 heteroatoms. The van der Waals surface area contributed by atoms with Gasteiger partial charge in [-0.3, -0.25) is 0 Å². The van der Waals surface area contributed by atoms with Crippen LogP contribution in [0.3, 0.4) is 0 Å². The van der Waals surface area contributed by atoms with Gasteiger partial charge in [-0.2, -0.15) is 8.78 Å². The Labute approximate surface area is 103 Å². The van der Waals surface area contributed by atoms with Gasteiger partial charge in [-0.15, -0.1) is 0 Å². The van der Waals surface area contributed by atoms with Crippen molar-refractivity contribution in [3.05, 3.63) is 65.7 Å². The first-order valence-electron chi connectivity index (χ1n) is 5.44. The lowest BCUT2D eigenvalue weighted by Gasteiger charge is -2.19. The summed E-state index contributed by atoms with van der Waals surface area (Å²) in [6, 6.07) is 13.5. The van der Waals surface area contributed by atoms with Crippen LogP contribution in [0.15, 0.2) is 54.6 Å². The van der Waals surface area contributed by atoms with Crippen molar-refractivity contribution >= 4 is 0 Å². The van der Waals surface area contributed by atoms with E-state index in [1.165, 1.54) is 36.4 Å². The molecule has 2 nitrogen and oxygen atoms in total. The van der Waals surface area contributed by atoms with Gasteiger partial charge in [0.05, 0.1) is 12.2 Å². The van der Waals surface area contributed by atoms with Crippen LogP contribution in [0.1, 0.15) is 11.1 Å². The third kappa shape index (κ3) is 2.65. The summed E-state index contributed by atoms with van der Waals surface area (Å²) in [4.78, 5) is 0. The topological polar surface area (TPSA) is 29.5 Å². The number of para-hydroxylation sites is 1. The average Bonchev–Trinajstić information content (AvgIpc) is 2.40. The highest BCUT2D eigenvalue weighted by Gasteiger charge is 2.34. The van der Waals surface area contributed by atoms with Gasteiger partial charge < -0.3 is 9.84 Å². The van der Waals surface area contributed by atoms with Crippen LogP contribution in [0, 0.1) is 0 Å². The summed E-state index contributed by atoms with van der Waals surface area (Å²) in [5.41, 5.74) is 0.103. The molecule has 0 atom stereocenters. The third-order valence-corrected chi connectivity index (χ3v) is 2.49. The van der Waals surface area contributed by atoms with Crippen LogP contribution in [0.5, 0.6) is 5.75 Å². The molecule has 0 radical (unpaired) electrons. The van der Waals surface area contributed by atoms with E-state index in [1.54, 1.807) is 18.2 Å². The van der Waals surface area contributed by atoms with E-state index < -0.39 is 6.11 Å². The molecule has 0 aromatic heterocycles. The number of aliphatic hydroxyl groups excluding tert-OH is 1. The lowest BCUT2D eigenvalue weighted by Crippen LogP contribution is -2.22. The van der Waals surface area contributed by atoms with Gasteiger partial charge in [-0.05, 0) is 18.2 Å². The summed E-state index contributed by atoms with van der Waals surface area (Å²) in [7, 11) is 0. The first-order chi connectivity index (χ1) is 8.63. The van der Waals surface area contributed by atoms with Crippen molar-refractivity contribution in [1.29, 1.82) is 0 Å². The molecule has 0 saturated heterocycles. The third-order valence-electron chi connectivity index (χ3n) is 2.49. The fraction of sp³-hybridized carbons (Fsp3) is 0.143. The fourth-order valence-corrected chi connectivity index (χ4v) is 1.56. The monoisotopic (exact) mass is 250 g/mol. The molecule has 0 saturated carbocycles. The van der Waals surface area contributed by atoms with E-state index in [-0.39, 0.29) is 17.9 Å². The van der Waals surface area contributed by atoms with Crippen LogP contribution in [-0.2, 0) is 12.7 Å². The molecule has 18 heavy (non-hydrogen) atoms. The zero-order chi connectivity index (χ0) is 13.0. The number of rotatable bonds is 4. The standard InChI is InChI=1S/C14H12F2O2/c15-14(16,12-7-2-1-3-8-12)18-13-9-5-4-6-11(13)10-17/h1-9,17H,10H2. The number of benzene rings is 2. The first-order valence-corrected chi connectivity index (χ1v) is 5.44. The van der Waals surface area contributed by atoms with Gasteiger partial charge in [0.15, 0.2) is 0 Å². The van der Waals surface area contributed by atoms with Gasteiger partial charge in [0.25, 0.3) is 0 Å². The van der Waals surface area contributed by atoms with E-state index in [9.17, 15) is 8.78 Å². The molecule has 2 aromatic rings. The van der Waals surface area contributed by atoms with Crippen molar-refractivity contribution in [3.8, 4) is 5.75 Å². The highest BCUT2D eigenvalue weighted by atomic mass is 19.3. The predicted octanol–water partition coefficient (Wildman–Crippen LogP) is 3.31. The van der Waals surface area contributed by atoms with E-state index in [4.69, 9.17) is 9.84 Å². The van der Waals surface area contributed by atoms with Crippen LogP contribution in [0.2, 0.25) is 0 Å². The van der Waals surface area contributed by atoms with E-state index in [0.29, 0.717) is 5.56 Å². The Hall–Kier alpha value is -1.94. The zero-order valence-corrected chi connectivity index (χ0v) is 9.51. The Morgan fingerprint density at radius 2 is 1.56 bits per heavy atom. The maximum atomic E-state index is 13.9. The Kier molecular flexibility index (Phi) is 3.58. The van der Waals surface area contributed by atoms with E-state index >= 15 is 0 Å². The Bertz CT molecular complexity index is 512. The molecule has 2 rings (SSSR count). The summed E-state index contributed by atoms with van der Waals surface area (Å²) in [5, 5.41) is 9.06. The van der Waals surface area contributed by atoms with Crippen LogP contribution >= 0.6 is 0 Å². The summed E-state index contributed by atoms with van der Waals surface area (Å²) in [6.07, 6.45) is -3.42. The largest absolute Gasteiger partial charge is 0.429 e. The molecule has 94 valence electrons. The molecule has 0 aliphatic rings. The van der Waals surface area contributed by atoms with Gasteiger partial charge in [0, 0.05) is 5.56 Å². The minimum Gasteiger partial charge on any atom is -0.429 e. The van der Waals surface area contributed by atoms with Crippen LogP contribution < -0.4 is 4.74 Å². The Morgan fingerprint density at radius 1 is 0.944 bits per heavy atom. The molecule has 0 aliphatic heterocycles. The van der Waals surface area contributed by atoms with E-state index in [0.717, 1.165) is 0 Å². The summed E-state index contributed by atoms with van der Waals surface area (Å²) in [5.74, 6) is -0.0196. The minimum absolute atomic E-state index is 0.0196. The number of hydrogen-bond donors (Lipinski definition) is 1. The lowest BCUT2D eigenvalue weighted by atomic mass is 10.2. The van der Waals surface area contributed by atoms with Crippen LogP contribution in [-0.4, -0.2) is 5.11 Å². The normalized spacial score (nSPS) is 11.3. The second kappa shape index (κ2) is 5.14. The van der Waals surface area contributed by atoms with Crippen molar-refractivity contribution in [3.63, 3.8) is 0 Å². The molecule has 0 heterocycles. The molecule has 0 bridgehead atoms. The number of hydrogen-bond acceptors (Lipinski definition) is 2. The van der Waals surface area contributed by atoms with E-state index in [1.807, 2.05) is 0 Å². The second-order valence-electron chi connectivity index (χ2n) is 3.75. The van der Waals surface area contributed by atoms with Crippen molar-refractivity contribution in [2.75, 3.05) is 0 Å². The maximum Gasteiger partial charge on any atom is 0.426 e. The van der Waals surface area contributed by atoms with Crippen LogP contribution in [0.4, 0.5) is 8.78 Å². The number of halogens is 2. The van der Waals surface area contributed by atoms with Gasteiger partial charge in [-0.25, -0.2) is 0 Å². The highest BCUT2D eigenvalue weighted by molar-refractivity contribution is 5.33. The van der Waals surface area contributed by atoms with Gasteiger partial charge in [0.2, 0.25) is 0 Å². The first kappa shape index (κ1) is 12.5. The zero-order valence-electron chi connectivity index (χ0n) is 9.51. The molecule has 1 N–H and O–H groups in total. The molecule has 0 spiro atoms. The summed E-state index contributed by atoms with van der Waals surface area (Å²) < 4.78 is 32.4. The molecule has 2 aromatic carbocycles. The van der Waals surface area contributed by atoms with E-state index in [2.05, 4.69) is 0 Å². The van der Waals surface area contributed by atoms with Crippen molar-refractivity contribution in [2.24, 2.45) is 0 Å². The molecule has 0 fully saturated rings. The van der Waals surface area contributed by atoms with Crippen molar-refractivity contribution < 1.29 is 18.6 Å². The maximum absolute atomic E-state index is 13.9. The molecule has 0 aliphatic carbocycles. The van der Waals surface area contributed by atoms with Gasteiger partial charge >= 0.3 is 6.11 Å². The molecule has 0 amide bonds. The number of alkyl halides is 2. The highest BCUT2D eigenvalue weighted by Crippen LogP contribution is 2.32. The number of aliphatic hydroxyl groups is 1. The van der Waals surface area contributed by atoms with Crippen molar-refractivity contribution in [2.45, 2.75) is 12.7 Å². The quantitative estimate of drug-likeness (QED) is 0.902. The Balaban J connectivity index is 2.28. The lowest BCUT2D eigenvalue weighted by molar-refractivity contribution is -0.186.